The first kappa shape index (κ1) is 14.4. The highest BCUT2D eigenvalue weighted by Crippen LogP contribution is 2.30. The van der Waals surface area contributed by atoms with Crippen molar-refractivity contribution in [3.05, 3.63) is 41.1 Å². The molecule has 0 spiro atoms. The number of thioether (sulfide) groups is 1. The number of alkyl halides is 3. The first-order valence-corrected chi connectivity index (χ1v) is 6.29. The third kappa shape index (κ3) is 3.29. The van der Waals surface area contributed by atoms with Crippen LogP contribution in [0.2, 0.25) is 0 Å². The number of aromatic carboxylic acids is 1. The molecule has 106 valence electrons. The van der Waals surface area contributed by atoms with Crippen LogP contribution in [0.4, 0.5) is 13.2 Å². The number of aromatic amines is 1. The van der Waals surface area contributed by atoms with E-state index < -0.39 is 17.7 Å². The Morgan fingerprint density at radius 3 is 2.45 bits per heavy atom. The standard InChI is InChI=1S/C11H8F3N3O2S/c12-11(13,14)7-3-1-6(2-4-7)5-20-9-8(10(18)19)15-17-16-9/h1-4H,5H2,(H,18,19)(H,15,16,17). The average Bonchev–Trinajstić information content (AvgIpc) is 2.84. The lowest BCUT2D eigenvalue weighted by Crippen LogP contribution is -2.04. The second kappa shape index (κ2) is 5.53. The molecule has 1 aromatic carbocycles. The quantitative estimate of drug-likeness (QED) is 0.849. The minimum Gasteiger partial charge on any atom is -0.476 e. The molecular formula is C11H8F3N3O2S. The van der Waals surface area contributed by atoms with E-state index in [1.165, 1.54) is 12.1 Å². The zero-order chi connectivity index (χ0) is 14.8. The summed E-state index contributed by atoms with van der Waals surface area (Å²) < 4.78 is 37.1. The molecule has 2 rings (SSSR count). The lowest BCUT2D eigenvalue weighted by atomic mass is 10.1. The van der Waals surface area contributed by atoms with Crippen LogP contribution >= 0.6 is 11.8 Å². The molecule has 0 atom stereocenters. The van der Waals surface area contributed by atoms with Crippen LogP contribution in [0.1, 0.15) is 21.6 Å². The molecule has 0 aliphatic carbocycles. The summed E-state index contributed by atoms with van der Waals surface area (Å²) in [4.78, 5) is 10.8. The van der Waals surface area contributed by atoms with Crippen LogP contribution < -0.4 is 0 Å². The molecule has 5 nitrogen and oxygen atoms in total. The first-order valence-electron chi connectivity index (χ1n) is 5.31. The molecule has 0 aliphatic rings. The minimum atomic E-state index is -4.37. The molecule has 2 N–H and O–H groups in total. The van der Waals surface area contributed by atoms with Gasteiger partial charge in [-0.15, -0.1) is 10.2 Å². The van der Waals surface area contributed by atoms with Crippen molar-refractivity contribution in [1.82, 2.24) is 15.4 Å². The lowest BCUT2D eigenvalue weighted by Gasteiger charge is -2.07. The summed E-state index contributed by atoms with van der Waals surface area (Å²) in [6, 6.07) is 4.65. The van der Waals surface area contributed by atoms with Gasteiger partial charge in [0.15, 0.2) is 5.03 Å². The monoisotopic (exact) mass is 303 g/mol. The minimum absolute atomic E-state index is 0.192. The van der Waals surface area contributed by atoms with Gasteiger partial charge in [-0.1, -0.05) is 23.9 Å². The summed E-state index contributed by atoms with van der Waals surface area (Å²) >= 11 is 1.08. The molecule has 0 bridgehead atoms. The Balaban J connectivity index is 2.04. The molecule has 0 radical (unpaired) electrons. The second-order valence-electron chi connectivity index (χ2n) is 3.77. The predicted molar refractivity (Wildman–Crippen MR) is 64.3 cm³/mol. The van der Waals surface area contributed by atoms with Gasteiger partial charge in [-0.2, -0.15) is 18.4 Å². The Bertz CT molecular complexity index is 610. The van der Waals surface area contributed by atoms with Crippen molar-refractivity contribution in [2.45, 2.75) is 17.0 Å². The topological polar surface area (TPSA) is 78.9 Å². The number of carboxylic acids is 1. The van der Waals surface area contributed by atoms with E-state index in [9.17, 15) is 18.0 Å². The van der Waals surface area contributed by atoms with Crippen LogP contribution in [0.25, 0.3) is 0 Å². The number of aromatic nitrogens is 3. The summed E-state index contributed by atoms with van der Waals surface area (Å²) in [5, 5.41) is 18.3. The van der Waals surface area contributed by atoms with Crippen LogP contribution in [0.3, 0.4) is 0 Å². The summed E-state index contributed by atoms with van der Waals surface area (Å²) in [6.07, 6.45) is -4.37. The SMILES string of the molecule is O=C(O)c1n[nH]nc1SCc1ccc(C(F)(F)F)cc1. The highest BCUT2D eigenvalue weighted by atomic mass is 32.2. The number of carbonyl (C=O) groups is 1. The molecule has 0 amide bonds. The van der Waals surface area contributed by atoms with Crippen LogP contribution in [0, 0.1) is 0 Å². The molecule has 2 aromatic rings. The van der Waals surface area contributed by atoms with Crippen LogP contribution in [0.15, 0.2) is 29.3 Å². The fraction of sp³-hybridized carbons (Fsp3) is 0.182. The first-order chi connectivity index (χ1) is 9.38. The fourth-order valence-corrected chi connectivity index (χ4v) is 2.27. The van der Waals surface area contributed by atoms with Gasteiger partial charge >= 0.3 is 12.1 Å². The molecule has 20 heavy (non-hydrogen) atoms. The number of rotatable bonds is 4. The third-order valence-electron chi connectivity index (χ3n) is 2.38. The maximum atomic E-state index is 12.4. The maximum Gasteiger partial charge on any atom is 0.416 e. The maximum absolute atomic E-state index is 12.4. The fourth-order valence-electron chi connectivity index (χ4n) is 1.40. The van der Waals surface area contributed by atoms with Crippen LogP contribution in [-0.4, -0.2) is 26.5 Å². The molecule has 0 unspecified atom stereocenters. The van der Waals surface area contributed by atoms with Gasteiger partial charge in [0.2, 0.25) is 5.69 Å². The van der Waals surface area contributed by atoms with Crippen LogP contribution in [-0.2, 0) is 11.9 Å². The van der Waals surface area contributed by atoms with Crippen molar-refractivity contribution >= 4 is 17.7 Å². The van der Waals surface area contributed by atoms with Crippen molar-refractivity contribution < 1.29 is 23.1 Å². The Kier molecular flexibility index (Phi) is 3.98. The second-order valence-corrected chi connectivity index (χ2v) is 4.73. The van der Waals surface area contributed by atoms with E-state index in [1.54, 1.807) is 0 Å². The summed E-state index contributed by atoms with van der Waals surface area (Å²) in [5.74, 6) is -0.918. The number of nitrogens with zero attached hydrogens (tertiary/aromatic N) is 2. The molecule has 9 heteroatoms. The van der Waals surface area contributed by atoms with Gasteiger partial charge in [0.05, 0.1) is 5.56 Å². The zero-order valence-electron chi connectivity index (χ0n) is 9.81. The normalized spacial score (nSPS) is 11.6. The molecule has 0 aliphatic heterocycles. The van der Waals surface area contributed by atoms with Gasteiger partial charge in [-0.3, -0.25) is 0 Å². The van der Waals surface area contributed by atoms with E-state index in [1.807, 2.05) is 0 Å². The van der Waals surface area contributed by atoms with E-state index in [0.29, 0.717) is 11.3 Å². The molecule has 0 saturated heterocycles. The van der Waals surface area contributed by atoms with Crippen molar-refractivity contribution in [2.75, 3.05) is 0 Å². The van der Waals surface area contributed by atoms with E-state index in [-0.39, 0.29) is 10.7 Å². The average molecular weight is 303 g/mol. The highest BCUT2D eigenvalue weighted by molar-refractivity contribution is 7.98. The molecule has 0 saturated carbocycles. The molecule has 1 heterocycles. The highest BCUT2D eigenvalue weighted by Gasteiger charge is 2.29. The Hall–Kier alpha value is -2.03. The number of hydrogen-bond acceptors (Lipinski definition) is 4. The zero-order valence-corrected chi connectivity index (χ0v) is 10.6. The van der Waals surface area contributed by atoms with Gasteiger partial charge in [0, 0.05) is 5.75 Å². The Labute approximate surface area is 115 Å². The largest absolute Gasteiger partial charge is 0.476 e. The van der Waals surface area contributed by atoms with Gasteiger partial charge in [-0.25, -0.2) is 4.79 Å². The van der Waals surface area contributed by atoms with Crippen molar-refractivity contribution in [1.29, 1.82) is 0 Å². The lowest BCUT2D eigenvalue weighted by molar-refractivity contribution is -0.137. The number of benzene rings is 1. The summed E-state index contributed by atoms with van der Waals surface area (Å²) in [7, 11) is 0. The van der Waals surface area contributed by atoms with E-state index >= 15 is 0 Å². The Morgan fingerprint density at radius 1 is 1.25 bits per heavy atom. The smallest absolute Gasteiger partial charge is 0.416 e. The van der Waals surface area contributed by atoms with E-state index in [4.69, 9.17) is 5.11 Å². The van der Waals surface area contributed by atoms with E-state index in [0.717, 1.165) is 23.9 Å². The van der Waals surface area contributed by atoms with Gasteiger partial charge < -0.3 is 5.11 Å². The van der Waals surface area contributed by atoms with Gasteiger partial charge in [0.25, 0.3) is 0 Å². The molecular weight excluding hydrogens is 295 g/mol. The predicted octanol–water partition coefficient (Wildman–Crippen LogP) is 2.81. The van der Waals surface area contributed by atoms with Crippen LogP contribution in [0.5, 0.6) is 0 Å². The van der Waals surface area contributed by atoms with Crippen molar-refractivity contribution in [3.63, 3.8) is 0 Å². The van der Waals surface area contributed by atoms with E-state index in [2.05, 4.69) is 15.4 Å². The summed E-state index contributed by atoms with van der Waals surface area (Å²) in [5.41, 5.74) is -0.303. The number of carboxylic acid groups (broad SMARTS) is 1. The Morgan fingerprint density at radius 2 is 1.90 bits per heavy atom. The number of hydrogen-bond donors (Lipinski definition) is 2. The third-order valence-corrected chi connectivity index (χ3v) is 3.41. The van der Waals surface area contributed by atoms with Crippen molar-refractivity contribution in [3.8, 4) is 0 Å². The molecule has 1 aromatic heterocycles. The molecule has 0 fully saturated rings. The van der Waals surface area contributed by atoms with Gasteiger partial charge in [-0.05, 0) is 17.7 Å². The number of H-pyrrole nitrogens is 1. The van der Waals surface area contributed by atoms with Crippen molar-refractivity contribution in [2.24, 2.45) is 0 Å². The number of nitrogens with one attached hydrogen (secondary N) is 1. The summed E-state index contributed by atoms with van der Waals surface area (Å²) in [6.45, 7) is 0. The van der Waals surface area contributed by atoms with Gasteiger partial charge in [0.1, 0.15) is 0 Å². The number of halogens is 3.